The molecule has 3 rings (SSSR count). The molecule has 10 heteroatoms. The SMILES string of the molecule is COc1ccc(F)c(-c2ccc(Oc3ccc(NN=C(Cl)C(F)(F)F)cc3)c(Cl)c2)c1. The van der Waals surface area contributed by atoms with Gasteiger partial charge < -0.3 is 9.47 Å². The normalized spacial score (nSPS) is 11.9. The number of rotatable bonds is 6. The fraction of sp³-hybridized carbons (Fsp3) is 0.0952. The van der Waals surface area contributed by atoms with Crippen LogP contribution in [0.5, 0.6) is 17.2 Å². The Morgan fingerprint density at radius 1 is 0.968 bits per heavy atom. The van der Waals surface area contributed by atoms with Crippen molar-refractivity contribution in [3.63, 3.8) is 0 Å². The van der Waals surface area contributed by atoms with Gasteiger partial charge in [-0.2, -0.15) is 18.3 Å². The van der Waals surface area contributed by atoms with Gasteiger partial charge in [-0.05, 0) is 60.2 Å². The lowest BCUT2D eigenvalue weighted by Gasteiger charge is -2.11. The van der Waals surface area contributed by atoms with E-state index in [4.69, 9.17) is 32.7 Å². The molecule has 0 bridgehead atoms. The zero-order chi connectivity index (χ0) is 22.6. The standard InChI is InChI=1S/C21H14Cl2F4N2O2/c1-30-15-7-8-18(24)16(11-15)12-2-9-19(17(22)10-12)31-14-5-3-13(4-6-14)28-29-20(23)21(25,26)27/h2-11,28H,1H3. The highest BCUT2D eigenvalue weighted by Gasteiger charge is 2.34. The highest BCUT2D eigenvalue weighted by molar-refractivity contribution is 6.66. The Bertz CT molecular complexity index is 1100. The molecule has 0 saturated carbocycles. The molecular weight excluding hydrogens is 459 g/mol. The highest BCUT2D eigenvalue weighted by Crippen LogP contribution is 2.35. The molecule has 4 nitrogen and oxygen atoms in total. The van der Waals surface area contributed by atoms with E-state index in [9.17, 15) is 17.6 Å². The smallest absolute Gasteiger partial charge is 0.446 e. The largest absolute Gasteiger partial charge is 0.497 e. The Morgan fingerprint density at radius 3 is 2.26 bits per heavy atom. The molecule has 0 saturated heterocycles. The van der Waals surface area contributed by atoms with Crippen LogP contribution in [-0.4, -0.2) is 18.5 Å². The van der Waals surface area contributed by atoms with Gasteiger partial charge in [-0.3, -0.25) is 5.43 Å². The van der Waals surface area contributed by atoms with E-state index in [1.165, 1.54) is 43.5 Å². The van der Waals surface area contributed by atoms with Crippen molar-refractivity contribution in [2.75, 3.05) is 12.5 Å². The molecular formula is C21H14Cl2F4N2O2. The van der Waals surface area contributed by atoms with Gasteiger partial charge in [0.1, 0.15) is 23.1 Å². The molecule has 0 aromatic heterocycles. The topological polar surface area (TPSA) is 42.9 Å². The van der Waals surface area contributed by atoms with Gasteiger partial charge in [-0.15, -0.1) is 0 Å². The zero-order valence-electron chi connectivity index (χ0n) is 15.8. The van der Waals surface area contributed by atoms with E-state index in [-0.39, 0.29) is 10.7 Å². The van der Waals surface area contributed by atoms with Crippen LogP contribution in [0.3, 0.4) is 0 Å². The molecule has 0 aliphatic rings. The number of hydrogen-bond donors (Lipinski definition) is 1. The van der Waals surface area contributed by atoms with E-state index in [0.29, 0.717) is 28.4 Å². The minimum Gasteiger partial charge on any atom is -0.497 e. The van der Waals surface area contributed by atoms with Gasteiger partial charge in [0.25, 0.3) is 0 Å². The van der Waals surface area contributed by atoms with Crippen LogP contribution in [0.25, 0.3) is 11.1 Å². The fourth-order valence-electron chi connectivity index (χ4n) is 2.51. The predicted molar refractivity (Wildman–Crippen MR) is 113 cm³/mol. The third kappa shape index (κ3) is 5.80. The Kier molecular flexibility index (Phi) is 6.92. The molecule has 3 aromatic rings. The Hall–Kier alpha value is -2.97. The second-order valence-electron chi connectivity index (χ2n) is 6.13. The van der Waals surface area contributed by atoms with Crippen LogP contribution < -0.4 is 14.9 Å². The number of hydrazone groups is 1. The molecule has 1 N–H and O–H groups in total. The van der Waals surface area contributed by atoms with Gasteiger partial charge in [0, 0.05) is 5.56 Å². The zero-order valence-corrected chi connectivity index (χ0v) is 17.3. The van der Waals surface area contributed by atoms with Crippen molar-refractivity contribution < 1.29 is 27.0 Å². The molecule has 0 aliphatic heterocycles. The van der Waals surface area contributed by atoms with Crippen LogP contribution in [0.2, 0.25) is 5.02 Å². The number of hydrogen-bond acceptors (Lipinski definition) is 4. The maximum Gasteiger partial charge on any atom is 0.446 e. The van der Waals surface area contributed by atoms with E-state index < -0.39 is 17.2 Å². The van der Waals surface area contributed by atoms with Crippen LogP contribution in [-0.2, 0) is 0 Å². The molecule has 0 atom stereocenters. The van der Waals surface area contributed by atoms with E-state index in [0.717, 1.165) is 0 Å². The van der Waals surface area contributed by atoms with Crippen LogP contribution in [0.4, 0.5) is 23.2 Å². The number of methoxy groups -OCH3 is 1. The maximum atomic E-state index is 14.2. The molecule has 0 spiro atoms. The summed E-state index contributed by atoms with van der Waals surface area (Å²) in [6.45, 7) is 0. The van der Waals surface area contributed by atoms with Crippen LogP contribution in [0.15, 0.2) is 65.8 Å². The minimum absolute atomic E-state index is 0.239. The first-order valence-corrected chi connectivity index (χ1v) is 9.41. The van der Waals surface area contributed by atoms with Crippen molar-refractivity contribution in [3.05, 3.63) is 71.5 Å². The quantitative estimate of drug-likeness (QED) is 0.229. The first-order chi connectivity index (χ1) is 14.7. The summed E-state index contributed by atoms with van der Waals surface area (Å²) < 4.78 is 62.0. The summed E-state index contributed by atoms with van der Waals surface area (Å²) in [5, 5.41) is 1.78. The van der Waals surface area contributed by atoms with Gasteiger partial charge in [-0.1, -0.05) is 29.3 Å². The maximum absolute atomic E-state index is 14.2. The van der Waals surface area contributed by atoms with Crippen LogP contribution in [0.1, 0.15) is 0 Å². The van der Waals surface area contributed by atoms with Gasteiger partial charge in [0.15, 0.2) is 0 Å². The minimum atomic E-state index is -4.73. The average Bonchev–Trinajstić information content (AvgIpc) is 2.74. The number of nitrogens with one attached hydrogen (secondary N) is 1. The third-order valence-electron chi connectivity index (χ3n) is 4.02. The van der Waals surface area contributed by atoms with Crippen molar-refractivity contribution in [3.8, 4) is 28.4 Å². The van der Waals surface area contributed by atoms with Crippen molar-refractivity contribution in [2.45, 2.75) is 6.18 Å². The lowest BCUT2D eigenvalue weighted by Crippen LogP contribution is -2.18. The monoisotopic (exact) mass is 472 g/mol. The summed E-state index contributed by atoms with van der Waals surface area (Å²) in [4.78, 5) is 0. The molecule has 0 aliphatic carbocycles. The average molecular weight is 473 g/mol. The summed E-state index contributed by atoms with van der Waals surface area (Å²) in [5.74, 6) is 0.760. The predicted octanol–water partition coefficient (Wildman–Crippen LogP) is 7.47. The lowest BCUT2D eigenvalue weighted by atomic mass is 10.0. The number of halogens is 6. The Labute approximate surface area is 185 Å². The number of anilines is 1. The fourth-order valence-corrected chi connectivity index (χ4v) is 2.77. The van der Waals surface area contributed by atoms with Gasteiger partial charge in [0.2, 0.25) is 5.17 Å². The Morgan fingerprint density at radius 2 is 1.65 bits per heavy atom. The molecule has 0 radical (unpaired) electrons. The van der Waals surface area contributed by atoms with Gasteiger partial charge in [0.05, 0.1) is 17.8 Å². The van der Waals surface area contributed by atoms with E-state index >= 15 is 0 Å². The number of benzene rings is 3. The molecule has 3 aromatic carbocycles. The Balaban J connectivity index is 1.74. The second-order valence-corrected chi connectivity index (χ2v) is 6.89. The first-order valence-electron chi connectivity index (χ1n) is 8.65. The van der Waals surface area contributed by atoms with E-state index in [1.807, 2.05) is 0 Å². The van der Waals surface area contributed by atoms with Crippen molar-refractivity contribution in [1.29, 1.82) is 0 Å². The van der Waals surface area contributed by atoms with E-state index in [2.05, 4.69) is 10.5 Å². The summed E-state index contributed by atoms with van der Waals surface area (Å²) in [6, 6.07) is 15.1. The number of nitrogens with zero attached hydrogens (tertiary/aromatic N) is 1. The molecule has 0 fully saturated rings. The van der Waals surface area contributed by atoms with Crippen LogP contribution >= 0.6 is 23.2 Å². The molecule has 162 valence electrons. The molecule has 0 heterocycles. The second kappa shape index (κ2) is 9.45. The number of ether oxygens (including phenoxy) is 2. The lowest BCUT2D eigenvalue weighted by molar-refractivity contribution is -0.0559. The summed E-state index contributed by atoms with van der Waals surface area (Å²) >= 11 is 11.3. The van der Waals surface area contributed by atoms with Crippen LogP contribution in [0, 0.1) is 5.82 Å². The summed E-state index contributed by atoms with van der Waals surface area (Å²) in [7, 11) is 1.49. The highest BCUT2D eigenvalue weighted by atomic mass is 35.5. The summed E-state index contributed by atoms with van der Waals surface area (Å²) in [5.41, 5.74) is 3.33. The first kappa shape index (κ1) is 22.7. The molecule has 0 unspecified atom stereocenters. The molecule has 0 amide bonds. The van der Waals surface area contributed by atoms with E-state index in [1.54, 1.807) is 24.3 Å². The third-order valence-corrected chi connectivity index (χ3v) is 4.61. The number of alkyl halides is 3. The summed E-state index contributed by atoms with van der Waals surface area (Å²) in [6.07, 6.45) is -4.73. The van der Waals surface area contributed by atoms with Crippen molar-refractivity contribution in [1.82, 2.24) is 0 Å². The van der Waals surface area contributed by atoms with Gasteiger partial charge >= 0.3 is 6.18 Å². The molecule has 31 heavy (non-hydrogen) atoms. The van der Waals surface area contributed by atoms with Crippen molar-refractivity contribution in [2.24, 2.45) is 5.10 Å². The van der Waals surface area contributed by atoms with Crippen molar-refractivity contribution >= 4 is 34.1 Å². The van der Waals surface area contributed by atoms with Gasteiger partial charge in [-0.25, -0.2) is 4.39 Å².